The molecular formula is C39H34N2O. The topological polar surface area (TPSA) is 25.4 Å². The Labute approximate surface area is 248 Å². The minimum absolute atomic E-state index is 0.813. The van der Waals surface area contributed by atoms with E-state index in [-0.39, 0.29) is 0 Å². The van der Waals surface area contributed by atoms with Crippen molar-refractivity contribution in [2.75, 3.05) is 12.0 Å². The van der Waals surface area contributed by atoms with Crippen LogP contribution in [0.2, 0.25) is 0 Å². The van der Waals surface area contributed by atoms with Gasteiger partial charge in [0.15, 0.2) is 0 Å². The minimum Gasteiger partial charge on any atom is -0.497 e. The van der Waals surface area contributed by atoms with Crippen LogP contribution in [-0.2, 0) is 0 Å². The number of hydrogen-bond donors (Lipinski definition) is 0. The van der Waals surface area contributed by atoms with Gasteiger partial charge in [-0.3, -0.25) is 0 Å². The Morgan fingerprint density at radius 1 is 0.452 bits per heavy atom. The smallest absolute Gasteiger partial charge is 0.119 e. The second kappa shape index (κ2) is 11.8. The third-order valence-corrected chi connectivity index (χ3v) is 7.55. The molecule has 1 aromatic heterocycles. The van der Waals surface area contributed by atoms with Crippen molar-refractivity contribution in [3.05, 3.63) is 150 Å². The first-order valence-electron chi connectivity index (χ1n) is 14.2. The SMILES string of the molecule is COc1cccc(-c2cc(-c3ccc(N(c4ccc(C)cc4)c4ccc(C)cc4)cc3)cc(-c3cccc(C)c3)n2)c1. The van der Waals surface area contributed by atoms with Gasteiger partial charge in [-0.2, -0.15) is 0 Å². The Bertz CT molecular complexity index is 1780. The fourth-order valence-electron chi connectivity index (χ4n) is 5.22. The standard InChI is InChI=1S/C39H34N2O/c1-27-11-17-34(18-12-27)41(35-19-13-28(2)14-20-35)36-21-15-30(16-22-36)33-25-38(31-8-5-7-29(3)23-31)40-39(26-33)32-9-6-10-37(24-32)42-4/h5-26H,1-4H3. The molecule has 206 valence electrons. The van der Waals surface area contributed by atoms with Crippen molar-refractivity contribution >= 4 is 17.1 Å². The number of methoxy groups -OCH3 is 1. The minimum atomic E-state index is 0.813. The third kappa shape index (κ3) is 5.82. The fourth-order valence-corrected chi connectivity index (χ4v) is 5.22. The van der Waals surface area contributed by atoms with Crippen LogP contribution in [0, 0.1) is 20.8 Å². The van der Waals surface area contributed by atoms with Crippen LogP contribution in [0.4, 0.5) is 17.1 Å². The van der Waals surface area contributed by atoms with Crippen LogP contribution in [-0.4, -0.2) is 12.1 Å². The summed E-state index contributed by atoms with van der Waals surface area (Å²) in [6, 6.07) is 47.1. The van der Waals surface area contributed by atoms with Gasteiger partial charge in [0.05, 0.1) is 18.5 Å². The molecule has 0 unspecified atom stereocenters. The lowest BCUT2D eigenvalue weighted by Crippen LogP contribution is -2.09. The van der Waals surface area contributed by atoms with Gasteiger partial charge in [0.1, 0.15) is 5.75 Å². The fraction of sp³-hybridized carbons (Fsp3) is 0.103. The van der Waals surface area contributed by atoms with Gasteiger partial charge in [-0.1, -0.05) is 83.4 Å². The second-order valence-corrected chi connectivity index (χ2v) is 10.8. The first kappa shape index (κ1) is 27.0. The monoisotopic (exact) mass is 546 g/mol. The summed E-state index contributed by atoms with van der Waals surface area (Å²) in [5, 5.41) is 0. The van der Waals surface area contributed by atoms with E-state index in [9.17, 15) is 0 Å². The Morgan fingerprint density at radius 3 is 1.48 bits per heavy atom. The van der Waals surface area contributed by atoms with Crippen molar-refractivity contribution in [2.24, 2.45) is 0 Å². The van der Waals surface area contributed by atoms with Gasteiger partial charge in [-0.15, -0.1) is 0 Å². The molecule has 3 heteroatoms. The Kier molecular flexibility index (Phi) is 7.57. The number of pyridine rings is 1. The summed E-state index contributed by atoms with van der Waals surface area (Å²) in [5.41, 5.74) is 13.3. The summed E-state index contributed by atoms with van der Waals surface area (Å²) in [4.78, 5) is 7.39. The molecule has 6 rings (SSSR count). The lowest BCUT2D eigenvalue weighted by atomic mass is 9.99. The molecule has 1 heterocycles. The number of rotatable bonds is 7. The number of aromatic nitrogens is 1. The molecule has 0 atom stereocenters. The Balaban J connectivity index is 1.44. The van der Waals surface area contributed by atoms with E-state index in [0.29, 0.717) is 0 Å². The predicted molar refractivity (Wildman–Crippen MR) is 176 cm³/mol. The molecule has 0 saturated heterocycles. The molecule has 3 nitrogen and oxygen atoms in total. The number of anilines is 3. The quantitative estimate of drug-likeness (QED) is 0.199. The Hall–Kier alpha value is -5.15. The van der Waals surface area contributed by atoms with Gasteiger partial charge >= 0.3 is 0 Å². The number of hydrogen-bond acceptors (Lipinski definition) is 3. The predicted octanol–water partition coefficient (Wildman–Crippen LogP) is 10.5. The van der Waals surface area contributed by atoms with E-state index < -0.39 is 0 Å². The van der Waals surface area contributed by atoms with Crippen LogP contribution >= 0.6 is 0 Å². The largest absolute Gasteiger partial charge is 0.497 e. The van der Waals surface area contributed by atoms with Gasteiger partial charge in [0.25, 0.3) is 0 Å². The molecule has 0 aliphatic rings. The molecule has 0 spiro atoms. The number of ether oxygens (including phenoxy) is 1. The van der Waals surface area contributed by atoms with E-state index in [0.717, 1.165) is 56.5 Å². The van der Waals surface area contributed by atoms with Crippen molar-refractivity contribution in [1.82, 2.24) is 4.98 Å². The highest BCUT2D eigenvalue weighted by molar-refractivity contribution is 5.81. The van der Waals surface area contributed by atoms with E-state index in [1.807, 2.05) is 18.2 Å². The van der Waals surface area contributed by atoms with Crippen LogP contribution in [0.1, 0.15) is 16.7 Å². The second-order valence-electron chi connectivity index (χ2n) is 10.8. The molecule has 6 aromatic rings. The summed E-state index contributed by atoms with van der Waals surface area (Å²) >= 11 is 0. The number of nitrogens with zero attached hydrogens (tertiary/aromatic N) is 2. The zero-order valence-corrected chi connectivity index (χ0v) is 24.5. The molecule has 0 amide bonds. The van der Waals surface area contributed by atoms with Crippen molar-refractivity contribution in [1.29, 1.82) is 0 Å². The summed E-state index contributed by atoms with van der Waals surface area (Å²) in [7, 11) is 1.69. The summed E-state index contributed by atoms with van der Waals surface area (Å²) in [5.74, 6) is 0.813. The zero-order chi connectivity index (χ0) is 29.1. The highest BCUT2D eigenvalue weighted by atomic mass is 16.5. The maximum Gasteiger partial charge on any atom is 0.119 e. The van der Waals surface area contributed by atoms with Crippen molar-refractivity contribution in [3.8, 4) is 39.4 Å². The van der Waals surface area contributed by atoms with E-state index in [1.54, 1.807) is 7.11 Å². The van der Waals surface area contributed by atoms with Gasteiger partial charge < -0.3 is 9.64 Å². The maximum absolute atomic E-state index is 5.51. The highest BCUT2D eigenvalue weighted by Crippen LogP contribution is 2.37. The van der Waals surface area contributed by atoms with Crippen molar-refractivity contribution in [3.63, 3.8) is 0 Å². The van der Waals surface area contributed by atoms with E-state index in [2.05, 4.69) is 141 Å². The van der Waals surface area contributed by atoms with E-state index >= 15 is 0 Å². The Morgan fingerprint density at radius 2 is 0.952 bits per heavy atom. The third-order valence-electron chi connectivity index (χ3n) is 7.55. The first-order valence-corrected chi connectivity index (χ1v) is 14.2. The van der Waals surface area contributed by atoms with Gasteiger partial charge in [-0.25, -0.2) is 4.98 Å². The highest BCUT2D eigenvalue weighted by Gasteiger charge is 2.14. The summed E-state index contributed by atoms with van der Waals surface area (Å²) in [6.45, 7) is 6.35. The molecule has 0 aliphatic heterocycles. The molecule has 0 fully saturated rings. The number of benzene rings is 5. The molecule has 0 N–H and O–H groups in total. The van der Waals surface area contributed by atoms with Crippen LogP contribution in [0.25, 0.3) is 33.6 Å². The van der Waals surface area contributed by atoms with E-state index in [1.165, 1.54) is 16.7 Å². The van der Waals surface area contributed by atoms with Crippen LogP contribution in [0.15, 0.2) is 133 Å². The molecule has 0 bridgehead atoms. The lowest BCUT2D eigenvalue weighted by Gasteiger charge is -2.26. The summed E-state index contributed by atoms with van der Waals surface area (Å²) in [6.07, 6.45) is 0. The molecule has 42 heavy (non-hydrogen) atoms. The van der Waals surface area contributed by atoms with Crippen LogP contribution in [0.3, 0.4) is 0 Å². The van der Waals surface area contributed by atoms with Gasteiger partial charge in [-0.05, 0) is 98.6 Å². The van der Waals surface area contributed by atoms with Gasteiger partial charge in [0.2, 0.25) is 0 Å². The van der Waals surface area contributed by atoms with Crippen molar-refractivity contribution < 1.29 is 4.74 Å². The first-order chi connectivity index (χ1) is 20.5. The maximum atomic E-state index is 5.51. The van der Waals surface area contributed by atoms with E-state index in [4.69, 9.17) is 9.72 Å². The molecule has 0 saturated carbocycles. The lowest BCUT2D eigenvalue weighted by molar-refractivity contribution is 0.415. The average molecular weight is 547 g/mol. The molecule has 0 aliphatic carbocycles. The normalized spacial score (nSPS) is 10.9. The van der Waals surface area contributed by atoms with Crippen LogP contribution < -0.4 is 9.64 Å². The van der Waals surface area contributed by atoms with Gasteiger partial charge in [0, 0.05) is 28.2 Å². The average Bonchev–Trinajstić information content (AvgIpc) is 3.03. The molecule has 0 radical (unpaired) electrons. The van der Waals surface area contributed by atoms with Crippen molar-refractivity contribution in [2.45, 2.75) is 20.8 Å². The van der Waals surface area contributed by atoms with Crippen LogP contribution in [0.5, 0.6) is 5.75 Å². The molecule has 5 aromatic carbocycles. The number of aryl methyl sites for hydroxylation is 3. The summed E-state index contributed by atoms with van der Waals surface area (Å²) < 4.78 is 5.51. The zero-order valence-electron chi connectivity index (χ0n) is 24.5. The molecular weight excluding hydrogens is 512 g/mol.